The van der Waals surface area contributed by atoms with Crippen LogP contribution in [-0.4, -0.2) is 47.8 Å². The first-order chi connectivity index (χ1) is 12.7. The summed E-state index contributed by atoms with van der Waals surface area (Å²) in [6.45, 7) is 5.42. The lowest BCUT2D eigenvalue weighted by molar-refractivity contribution is 0.0954. The van der Waals surface area contributed by atoms with Gasteiger partial charge in [-0.2, -0.15) is 5.10 Å². The molecular formula is C18H25ClN6O. The maximum atomic E-state index is 12.0. The number of nitrogens with zero attached hydrogens (tertiary/aromatic N) is 3. The van der Waals surface area contributed by atoms with E-state index < -0.39 is 0 Å². The van der Waals surface area contributed by atoms with Gasteiger partial charge in [0, 0.05) is 55.7 Å². The van der Waals surface area contributed by atoms with Crippen molar-refractivity contribution in [2.45, 2.75) is 19.9 Å². The molecule has 0 spiro atoms. The van der Waals surface area contributed by atoms with Crippen molar-refractivity contribution in [3.63, 3.8) is 0 Å². The molecule has 1 aromatic heterocycles. The van der Waals surface area contributed by atoms with Gasteiger partial charge in [0.05, 0.1) is 0 Å². The van der Waals surface area contributed by atoms with Crippen molar-refractivity contribution in [2.24, 2.45) is 4.99 Å². The zero-order valence-electron chi connectivity index (χ0n) is 14.9. The van der Waals surface area contributed by atoms with Crippen molar-refractivity contribution in [2.75, 3.05) is 26.2 Å². The zero-order chi connectivity index (χ0) is 18.6. The van der Waals surface area contributed by atoms with Gasteiger partial charge >= 0.3 is 0 Å². The van der Waals surface area contributed by atoms with E-state index >= 15 is 0 Å². The molecule has 0 aliphatic heterocycles. The van der Waals surface area contributed by atoms with Crippen molar-refractivity contribution in [3.8, 4) is 0 Å². The van der Waals surface area contributed by atoms with Gasteiger partial charge in [0.1, 0.15) is 0 Å². The fraction of sp³-hybridized carbons (Fsp3) is 0.389. The number of guanidine groups is 1. The highest BCUT2D eigenvalue weighted by atomic mass is 35.5. The molecule has 0 aliphatic carbocycles. The van der Waals surface area contributed by atoms with Crippen LogP contribution in [0.2, 0.25) is 5.02 Å². The molecule has 140 valence electrons. The predicted octanol–water partition coefficient (Wildman–Crippen LogP) is 1.91. The topological polar surface area (TPSA) is 83.3 Å². The average Bonchev–Trinajstić information content (AvgIpc) is 3.16. The average molecular weight is 377 g/mol. The highest BCUT2D eigenvalue weighted by Crippen LogP contribution is 2.09. The Kier molecular flexibility index (Phi) is 8.48. The molecular weight excluding hydrogens is 352 g/mol. The summed E-state index contributed by atoms with van der Waals surface area (Å²) in [5, 5.41) is 14.0. The minimum absolute atomic E-state index is 0.121. The van der Waals surface area contributed by atoms with Crippen LogP contribution in [-0.2, 0) is 6.54 Å². The molecule has 2 rings (SSSR count). The van der Waals surface area contributed by atoms with E-state index in [-0.39, 0.29) is 5.91 Å². The molecule has 0 saturated heterocycles. The van der Waals surface area contributed by atoms with Crippen LogP contribution in [0.15, 0.2) is 47.7 Å². The summed E-state index contributed by atoms with van der Waals surface area (Å²) in [4.78, 5) is 16.5. The minimum atomic E-state index is -0.121. The zero-order valence-corrected chi connectivity index (χ0v) is 15.7. The second kappa shape index (κ2) is 11.1. The number of benzene rings is 1. The number of rotatable bonds is 9. The normalized spacial score (nSPS) is 11.2. The van der Waals surface area contributed by atoms with Crippen LogP contribution in [0.1, 0.15) is 23.7 Å². The first-order valence-electron chi connectivity index (χ1n) is 8.72. The second-order valence-electron chi connectivity index (χ2n) is 5.57. The third-order valence-corrected chi connectivity index (χ3v) is 3.78. The molecule has 2 aromatic rings. The Labute approximate surface area is 158 Å². The van der Waals surface area contributed by atoms with Crippen LogP contribution in [0.3, 0.4) is 0 Å². The molecule has 0 aliphatic rings. The predicted molar refractivity (Wildman–Crippen MR) is 105 cm³/mol. The third kappa shape index (κ3) is 7.14. The van der Waals surface area contributed by atoms with Gasteiger partial charge < -0.3 is 16.0 Å². The van der Waals surface area contributed by atoms with E-state index in [4.69, 9.17) is 11.6 Å². The van der Waals surface area contributed by atoms with E-state index in [1.807, 2.05) is 23.9 Å². The van der Waals surface area contributed by atoms with Gasteiger partial charge in [0.25, 0.3) is 5.91 Å². The van der Waals surface area contributed by atoms with Gasteiger partial charge in [0.15, 0.2) is 5.96 Å². The molecule has 26 heavy (non-hydrogen) atoms. The Hall–Kier alpha value is -2.54. The SMILES string of the molecule is CCNC(=NCCCn1cccn1)NCCNC(=O)c1ccc(Cl)cc1. The fourth-order valence-electron chi connectivity index (χ4n) is 2.26. The molecule has 0 radical (unpaired) electrons. The van der Waals surface area contributed by atoms with Crippen LogP contribution in [0.4, 0.5) is 0 Å². The monoisotopic (exact) mass is 376 g/mol. The van der Waals surface area contributed by atoms with E-state index in [1.165, 1.54) is 0 Å². The van der Waals surface area contributed by atoms with Crippen molar-refractivity contribution in [3.05, 3.63) is 53.3 Å². The molecule has 1 heterocycles. The van der Waals surface area contributed by atoms with Crippen molar-refractivity contribution in [1.29, 1.82) is 0 Å². The quantitative estimate of drug-likeness (QED) is 0.354. The van der Waals surface area contributed by atoms with Crippen molar-refractivity contribution in [1.82, 2.24) is 25.7 Å². The lowest BCUT2D eigenvalue weighted by atomic mass is 10.2. The highest BCUT2D eigenvalue weighted by Gasteiger charge is 2.04. The molecule has 0 atom stereocenters. The second-order valence-corrected chi connectivity index (χ2v) is 6.01. The molecule has 1 aromatic carbocycles. The maximum Gasteiger partial charge on any atom is 0.251 e. The molecule has 8 heteroatoms. The number of aliphatic imine (C=N–C) groups is 1. The summed E-state index contributed by atoms with van der Waals surface area (Å²) >= 11 is 5.82. The van der Waals surface area contributed by atoms with Gasteiger partial charge in [-0.3, -0.25) is 14.5 Å². The maximum absolute atomic E-state index is 12.0. The standard InChI is InChI=1S/C18H25ClN6O/c1-2-20-18(22-9-3-13-25-14-4-10-24-25)23-12-11-21-17(26)15-5-7-16(19)8-6-15/h4-8,10,14H,2-3,9,11-13H2,1H3,(H,21,26)(H2,20,22,23). The number of hydrogen-bond acceptors (Lipinski definition) is 3. The Bertz CT molecular complexity index is 684. The number of hydrogen-bond donors (Lipinski definition) is 3. The number of amides is 1. The fourth-order valence-corrected chi connectivity index (χ4v) is 2.38. The van der Waals surface area contributed by atoms with E-state index in [0.29, 0.717) is 30.2 Å². The smallest absolute Gasteiger partial charge is 0.251 e. The lowest BCUT2D eigenvalue weighted by Gasteiger charge is -2.12. The number of aryl methyl sites for hydroxylation is 1. The molecule has 0 fully saturated rings. The molecule has 7 nitrogen and oxygen atoms in total. The first-order valence-corrected chi connectivity index (χ1v) is 9.10. The number of carbonyl (C=O) groups excluding carboxylic acids is 1. The number of aromatic nitrogens is 2. The number of nitrogens with one attached hydrogen (secondary N) is 3. The van der Waals surface area contributed by atoms with Crippen LogP contribution in [0, 0.1) is 0 Å². The summed E-state index contributed by atoms with van der Waals surface area (Å²) in [6.07, 6.45) is 4.62. The summed E-state index contributed by atoms with van der Waals surface area (Å²) in [6, 6.07) is 8.72. The van der Waals surface area contributed by atoms with Gasteiger partial charge in [-0.25, -0.2) is 0 Å². The Morgan fingerprint density at radius 2 is 1.96 bits per heavy atom. The summed E-state index contributed by atoms with van der Waals surface area (Å²) in [5.74, 6) is 0.623. The number of carbonyl (C=O) groups is 1. The summed E-state index contributed by atoms with van der Waals surface area (Å²) in [7, 11) is 0. The molecule has 0 unspecified atom stereocenters. The Balaban J connectivity index is 1.67. The Morgan fingerprint density at radius 1 is 1.19 bits per heavy atom. The van der Waals surface area contributed by atoms with Gasteiger partial charge in [0.2, 0.25) is 0 Å². The first kappa shape index (κ1) is 19.8. The Morgan fingerprint density at radius 3 is 2.65 bits per heavy atom. The van der Waals surface area contributed by atoms with Gasteiger partial charge in [-0.1, -0.05) is 11.6 Å². The van der Waals surface area contributed by atoms with E-state index in [1.54, 1.807) is 30.5 Å². The van der Waals surface area contributed by atoms with Crippen molar-refractivity contribution >= 4 is 23.5 Å². The lowest BCUT2D eigenvalue weighted by Crippen LogP contribution is -2.41. The van der Waals surface area contributed by atoms with Crippen LogP contribution < -0.4 is 16.0 Å². The van der Waals surface area contributed by atoms with E-state index in [0.717, 1.165) is 25.5 Å². The third-order valence-electron chi connectivity index (χ3n) is 3.53. The van der Waals surface area contributed by atoms with E-state index in [9.17, 15) is 4.79 Å². The van der Waals surface area contributed by atoms with Crippen LogP contribution in [0.5, 0.6) is 0 Å². The summed E-state index contributed by atoms with van der Waals surface area (Å²) < 4.78 is 1.89. The largest absolute Gasteiger partial charge is 0.357 e. The minimum Gasteiger partial charge on any atom is -0.357 e. The van der Waals surface area contributed by atoms with Crippen molar-refractivity contribution < 1.29 is 4.79 Å². The molecule has 0 bridgehead atoms. The van der Waals surface area contributed by atoms with Crippen LogP contribution >= 0.6 is 11.6 Å². The summed E-state index contributed by atoms with van der Waals surface area (Å²) in [5.41, 5.74) is 0.591. The molecule has 3 N–H and O–H groups in total. The van der Waals surface area contributed by atoms with E-state index in [2.05, 4.69) is 26.0 Å². The molecule has 0 saturated carbocycles. The highest BCUT2D eigenvalue weighted by molar-refractivity contribution is 6.30. The van der Waals surface area contributed by atoms with Crippen LogP contribution in [0.25, 0.3) is 0 Å². The molecule has 1 amide bonds. The number of halogens is 1. The van der Waals surface area contributed by atoms with Gasteiger partial charge in [-0.05, 0) is 43.7 Å². The van der Waals surface area contributed by atoms with Gasteiger partial charge in [-0.15, -0.1) is 0 Å².